The third-order valence-corrected chi connectivity index (χ3v) is 4.43. The molecule has 0 aliphatic carbocycles. The van der Waals surface area contributed by atoms with Crippen LogP contribution in [0.25, 0.3) is 11.1 Å². The van der Waals surface area contributed by atoms with Gasteiger partial charge in [0.25, 0.3) is 0 Å². The maximum Gasteiger partial charge on any atom is 0.411 e. The van der Waals surface area contributed by atoms with Gasteiger partial charge in [-0.2, -0.15) is 0 Å². The molecule has 25 heavy (non-hydrogen) atoms. The van der Waals surface area contributed by atoms with Crippen molar-refractivity contribution in [3.63, 3.8) is 0 Å². The molecule has 2 aromatic rings. The molecule has 0 radical (unpaired) electrons. The molecular weight excluding hydrogens is 316 g/mol. The number of pyridine rings is 1. The predicted molar refractivity (Wildman–Crippen MR) is 99.6 cm³/mol. The minimum Gasteiger partial charge on any atom is -0.453 e. The third-order valence-electron chi connectivity index (χ3n) is 4.43. The number of carbonyl (C=O) groups is 1. The number of nitrogens with zero attached hydrogens (tertiary/aromatic N) is 1. The quantitative estimate of drug-likeness (QED) is 0.732. The molecule has 1 amide bonds. The minimum absolute atomic E-state index is 0.0314. The molecule has 0 fully saturated rings. The number of amides is 1. The van der Waals surface area contributed by atoms with E-state index >= 15 is 0 Å². The van der Waals surface area contributed by atoms with Gasteiger partial charge < -0.3 is 15.8 Å². The van der Waals surface area contributed by atoms with E-state index < -0.39 is 6.09 Å². The number of hydrogen-bond donors (Lipinski definition) is 3. The summed E-state index contributed by atoms with van der Waals surface area (Å²) in [5.74, 6) is 0. The van der Waals surface area contributed by atoms with Gasteiger partial charge in [0.2, 0.25) is 0 Å². The van der Waals surface area contributed by atoms with E-state index in [-0.39, 0.29) is 6.04 Å². The Morgan fingerprint density at radius 1 is 1.28 bits per heavy atom. The van der Waals surface area contributed by atoms with Gasteiger partial charge in [0.1, 0.15) is 0 Å². The Morgan fingerprint density at radius 2 is 2.16 bits per heavy atom. The van der Waals surface area contributed by atoms with Gasteiger partial charge in [-0.25, -0.2) is 4.79 Å². The molecule has 0 saturated heterocycles. The number of benzene rings is 1. The van der Waals surface area contributed by atoms with Crippen molar-refractivity contribution in [3.8, 4) is 11.1 Å². The smallest absolute Gasteiger partial charge is 0.411 e. The van der Waals surface area contributed by atoms with Crippen LogP contribution in [-0.2, 0) is 4.74 Å². The minimum atomic E-state index is -0.481. The second-order valence-electron chi connectivity index (χ2n) is 6.23. The van der Waals surface area contributed by atoms with Crippen LogP contribution in [0.4, 0.5) is 16.2 Å². The molecule has 1 atom stereocenters. The Kier molecular flexibility index (Phi) is 5.50. The summed E-state index contributed by atoms with van der Waals surface area (Å²) in [6.07, 6.45) is 5.56. The number of fused-ring (bicyclic) bond motifs is 4. The lowest BCUT2D eigenvalue weighted by Crippen LogP contribution is -2.13. The van der Waals surface area contributed by atoms with Crippen molar-refractivity contribution in [1.82, 2.24) is 4.98 Å². The highest BCUT2D eigenvalue weighted by molar-refractivity contribution is 5.88. The van der Waals surface area contributed by atoms with Crippen molar-refractivity contribution in [2.75, 3.05) is 24.3 Å². The first-order valence-corrected chi connectivity index (χ1v) is 8.62. The van der Waals surface area contributed by atoms with Crippen LogP contribution in [0.15, 0.2) is 36.5 Å². The van der Waals surface area contributed by atoms with E-state index in [1.54, 1.807) is 6.20 Å². The van der Waals surface area contributed by atoms with Crippen LogP contribution < -0.4 is 16.4 Å². The van der Waals surface area contributed by atoms with Crippen LogP contribution in [0.5, 0.6) is 0 Å². The molecule has 6 heteroatoms. The molecule has 0 unspecified atom stereocenters. The molecular formula is C19H24N4O2. The normalized spacial score (nSPS) is 17.3. The van der Waals surface area contributed by atoms with Crippen LogP contribution >= 0.6 is 0 Å². The van der Waals surface area contributed by atoms with Crippen LogP contribution in [0.2, 0.25) is 0 Å². The Balaban J connectivity index is 1.99. The van der Waals surface area contributed by atoms with Crippen molar-refractivity contribution in [3.05, 3.63) is 42.2 Å². The van der Waals surface area contributed by atoms with E-state index in [9.17, 15) is 4.79 Å². The summed E-state index contributed by atoms with van der Waals surface area (Å²) < 4.78 is 4.66. The van der Waals surface area contributed by atoms with Gasteiger partial charge in [-0.15, -0.1) is 0 Å². The molecule has 1 aliphatic heterocycles. The average Bonchev–Trinajstić information content (AvgIpc) is 2.63. The zero-order valence-electron chi connectivity index (χ0n) is 14.4. The monoisotopic (exact) mass is 340 g/mol. The maximum absolute atomic E-state index is 11.5. The van der Waals surface area contributed by atoms with Gasteiger partial charge in [0, 0.05) is 35.7 Å². The summed E-state index contributed by atoms with van der Waals surface area (Å²) in [7, 11) is 1.35. The van der Waals surface area contributed by atoms with Crippen molar-refractivity contribution in [2.45, 2.75) is 31.7 Å². The summed E-state index contributed by atoms with van der Waals surface area (Å²) in [5.41, 5.74) is 11.0. The molecule has 6 nitrogen and oxygen atoms in total. The first kappa shape index (κ1) is 17.2. The lowest BCUT2D eigenvalue weighted by Gasteiger charge is -2.18. The molecule has 1 aromatic heterocycles. The highest BCUT2D eigenvalue weighted by Crippen LogP contribution is 2.32. The Hall–Kier alpha value is -2.60. The van der Waals surface area contributed by atoms with Gasteiger partial charge in [0.15, 0.2) is 0 Å². The van der Waals surface area contributed by atoms with E-state index in [0.717, 1.165) is 54.7 Å². The second kappa shape index (κ2) is 7.98. The molecule has 2 heterocycles. The number of methoxy groups -OCH3 is 1. The van der Waals surface area contributed by atoms with Crippen LogP contribution in [0.3, 0.4) is 0 Å². The topological polar surface area (TPSA) is 89.3 Å². The highest BCUT2D eigenvalue weighted by Gasteiger charge is 2.13. The number of aromatic nitrogens is 1. The van der Waals surface area contributed by atoms with Crippen LogP contribution in [0.1, 0.15) is 37.4 Å². The van der Waals surface area contributed by atoms with Crippen molar-refractivity contribution >= 4 is 17.5 Å². The van der Waals surface area contributed by atoms with Gasteiger partial charge in [-0.1, -0.05) is 18.9 Å². The van der Waals surface area contributed by atoms with E-state index in [1.165, 1.54) is 7.11 Å². The number of nitrogens with two attached hydrogens (primary N) is 1. The number of rotatable bonds is 1. The summed E-state index contributed by atoms with van der Waals surface area (Å²) in [5, 5.41) is 6.20. The first-order chi connectivity index (χ1) is 12.2. The van der Waals surface area contributed by atoms with E-state index in [2.05, 4.69) is 26.4 Å². The largest absolute Gasteiger partial charge is 0.453 e. The molecule has 1 aromatic carbocycles. The van der Waals surface area contributed by atoms with Crippen LogP contribution in [0, 0.1) is 0 Å². The molecule has 4 N–H and O–H groups in total. The summed E-state index contributed by atoms with van der Waals surface area (Å²) >= 11 is 0. The Labute approximate surface area is 147 Å². The fourth-order valence-corrected chi connectivity index (χ4v) is 3.04. The Bertz CT molecular complexity index is 748. The van der Waals surface area contributed by atoms with Crippen molar-refractivity contribution < 1.29 is 9.53 Å². The first-order valence-electron chi connectivity index (χ1n) is 8.62. The average molecular weight is 340 g/mol. The van der Waals surface area contributed by atoms with Crippen molar-refractivity contribution in [1.29, 1.82) is 0 Å². The Morgan fingerprint density at radius 3 is 3.00 bits per heavy atom. The van der Waals surface area contributed by atoms with Crippen molar-refractivity contribution in [2.24, 2.45) is 5.73 Å². The maximum atomic E-state index is 11.5. The van der Waals surface area contributed by atoms with E-state index in [1.807, 2.05) is 24.3 Å². The fraction of sp³-hybridized carbons (Fsp3) is 0.368. The molecule has 2 bridgehead atoms. The number of ether oxygens (including phenoxy) is 1. The summed E-state index contributed by atoms with van der Waals surface area (Å²) in [4.78, 5) is 15.9. The SMILES string of the molecule is COC(=O)Nc1ccc2c(c1)NCCCCC[C@H](N)c1cc-2ccn1. The lowest BCUT2D eigenvalue weighted by molar-refractivity contribution is 0.187. The molecule has 132 valence electrons. The van der Waals surface area contributed by atoms with E-state index in [4.69, 9.17) is 5.73 Å². The molecule has 1 aliphatic rings. The zero-order chi connectivity index (χ0) is 17.6. The summed E-state index contributed by atoms with van der Waals surface area (Å²) in [6, 6.07) is 9.79. The molecule has 0 saturated carbocycles. The van der Waals surface area contributed by atoms with Gasteiger partial charge >= 0.3 is 6.09 Å². The number of carbonyl (C=O) groups excluding carboxylic acids is 1. The number of nitrogens with one attached hydrogen (secondary N) is 2. The zero-order valence-corrected chi connectivity index (χ0v) is 14.4. The third kappa shape index (κ3) is 4.28. The standard InChI is InChI=1S/C19H24N4O2/c1-25-19(24)23-14-6-7-15-13-8-10-22-18(11-13)16(20)5-3-2-4-9-21-17(15)12-14/h6-8,10-12,16,21H,2-5,9,20H2,1H3,(H,23,24)/t16-/m0/s1. The number of anilines is 2. The number of hydrogen-bond acceptors (Lipinski definition) is 5. The van der Waals surface area contributed by atoms with E-state index in [0.29, 0.717) is 5.69 Å². The summed E-state index contributed by atoms with van der Waals surface area (Å²) in [6.45, 7) is 0.877. The molecule has 0 spiro atoms. The second-order valence-corrected chi connectivity index (χ2v) is 6.23. The van der Waals surface area contributed by atoms with Crippen LogP contribution in [-0.4, -0.2) is 24.7 Å². The van der Waals surface area contributed by atoms with Gasteiger partial charge in [-0.3, -0.25) is 10.3 Å². The predicted octanol–water partition coefficient (Wildman–Crippen LogP) is 3.91. The fourth-order valence-electron chi connectivity index (χ4n) is 3.04. The highest BCUT2D eigenvalue weighted by atomic mass is 16.5. The molecule has 3 rings (SSSR count). The lowest BCUT2D eigenvalue weighted by atomic mass is 9.99. The van der Waals surface area contributed by atoms with Gasteiger partial charge in [-0.05, 0) is 42.7 Å². The van der Waals surface area contributed by atoms with Gasteiger partial charge in [0.05, 0.1) is 12.8 Å².